The van der Waals surface area contributed by atoms with Crippen LogP contribution in [0.3, 0.4) is 0 Å². The van der Waals surface area contributed by atoms with E-state index in [0.29, 0.717) is 47.5 Å². The van der Waals surface area contributed by atoms with Gasteiger partial charge in [-0.1, -0.05) is 23.7 Å². The molecule has 2 aromatic carbocycles. The number of ether oxygens (including phenoxy) is 2. The molecule has 2 fully saturated rings. The number of aromatic nitrogens is 3. The molecule has 10 heteroatoms. The molecule has 2 saturated heterocycles. The molecule has 0 atom stereocenters. The predicted octanol–water partition coefficient (Wildman–Crippen LogP) is 5.31. The fraction of sp³-hybridized carbons (Fsp3) is 0.367. The van der Waals surface area contributed by atoms with Gasteiger partial charge in [0, 0.05) is 68.0 Å². The molecule has 8 nitrogen and oxygen atoms in total. The third-order valence-electron chi connectivity index (χ3n) is 7.99. The molecule has 0 saturated carbocycles. The first-order valence-electron chi connectivity index (χ1n) is 13.6. The second-order valence-electron chi connectivity index (χ2n) is 10.3. The standard InChI is InChI=1S/C30H32ClFN6O2/c1-39-24-5-2-21(3-6-24)30(9-16-40-17-10-30)20-34-28-25-19-23(32)4-7-26(25)35-29(36-28)38-14-12-37(13-15-38)27-18-22(31)8-11-33-27/h2-8,11,18-19H,9-10,12-17,20H2,1H3,(H,34,35,36). The Morgan fingerprint density at radius 2 is 1.73 bits per heavy atom. The number of nitrogens with one attached hydrogen (secondary N) is 1. The summed E-state index contributed by atoms with van der Waals surface area (Å²) in [5.74, 6) is 2.64. The normalized spacial score (nSPS) is 17.2. The smallest absolute Gasteiger partial charge is 0.228 e. The Hall–Kier alpha value is -3.69. The van der Waals surface area contributed by atoms with E-state index in [0.717, 1.165) is 50.6 Å². The second kappa shape index (κ2) is 11.4. The topological polar surface area (TPSA) is 75.6 Å². The Morgan fingerprint density at radius 1 is 0.975 bits per heavy atom. The molecule has 2 aromatic heterocycles. The fourth-order valence-corrected chi connectivity index (χ4v) is 5.75. The van der Waals surface area contributed by atoms with Crippen LogP contribution in [0.4, 0.5) is 22.0 Å². The minimum absolute atomic E-state index is 0.148. The van der Waals surface area contributed by atoms with Gasteiger partial charge in [-0.25, -0.2) is 14.4 Å². The van der Waals surface area contributed by atoms with Crippen molar-refractivity contribution in [2.75, 3.05) is 68.2 Å². The van der Waals surface area contributed by atoms with Gasteiger partial charge in [0.1, 0.15) is 23.2 Å². The van der Waals surface area contributed by atoms with Gasteiger partial charge in [-0.2, -0.15) is 4.98 Å². The lowest BCUT2D eigenvalue weighted by molar-refractivity contribution is 0.0543. The Bertz CT molecular complexity index is 1470. The lowest BCUT2D eigenvalue weighted by Crippen LogP contribution is -2.47. The molecule has 4 heterocycles. The van der Waals surface area contributed by atoms with Crippen LogP contribution in [0.25, 0.3) is 10.9 Å². The van der Waals surface area contributed by atoms with Crippen LogP contribution < -0.4 is 19.9 Å². The van der Waals surface area contributed by atoms with Crippen LogP contribution >= 0.6 is 11.6 Å². The first-order chi connectivity index (χ1) is 19.5. The summed E-state index contributed by atoms with van der Waals surface area (Å²) >= 11 is 6.18. The van der Waals surface area contributed by atoms with Gasteiger partial charge >= 0.3 is 0 Å². The molecule has 0 bridgehead atoms. The molecule has 0 radical (unpaired) electrons. The van der Waals surface area contributed by atoms with Crippen LogP contribution in [-0.2, 0) is 10.2 Å². The van der Waals surface area contributed by atoms with E-state index in [1.54, 1.807) is 25.4 Å². The number of methoxy groups -OCH3 is 1. The van der Waals surface area contributed by atoms with Gasteiger partial charge < -0.3 is 24.6 Å². The molecule has 0 amide bonds. The Balaban J connectivity index is 1.27. The van der Waals surface area contributed by atoms with Crippen molar-refractivity contribution in [2.24, 2.45) is 0 Å². The van der Waals surface area contributed by atoms with Gasteiger partial charge in [-0.05, 0) is 60.9 Å². The summed E-state index contributed by atoms with van der Waals surface area (Å²) in [5.41, 5.74) is 1.78. The van der Waals surface area contributed by atoms with Gasteiger partial charge in [0.15, 0.2) is 0 Å². The Labute approximate surface area is 238 Å². The highest BCUT2D eigenvalue weighted by molar-refractivity contribution is 6.30. The maximum Gasteiger partial charge on any atom is 0.228 e. The van der Waals surface area contributed by atoms with Crippen LogP contribution in [0.5, 0.6) is 5.75 Å². The van der Waals surface area contributed by atoms with Crippen LogP contribution in [0.2, 0.25) is 5.02 Å². The summed E-state index contributed by atoms with van der Waals surface area (Å²) in [5, 5.41) is 4.95. The van der Waals surface area contributed by atoms with Gasteiger partial charge in [0.05, 0.1) is 12.6 Å². The van der Waals surface area contributed by atoms with Crippen molar-refractivity contribution in [3.05, 3.63) is 77.2 Å². The first kappa shape index (κ1) is 26.5. The zero-order chi connectivity index (χ0) is 27.5. The highest BCUT2D eigenvalue weighted by Gasteiger charge is 2.35. The minimum atomic E-state index is -0.314. The largest absolute Gasteiger partial charge is 0.497 e. The fourth-order valence-electron chi connectivity index (χ4n) is 5.59. The monoisotopic (exact) mass is 562 g/mol. The maximum absolute atomic E-state index is 14.4. The lowest BCUT2D eigenvalue weighted by atomic mass is 9.74. The third-order valence-corrected chi connectivity index (χ3v) is 8.22. The average Bonchev–Trinajstić information content (AvgIpc) is 3.00. The Kier molecular flexibility index (Phi) is 7.58. The second-order valence-corrected chi connectivity index (χ2v) is 10.8. The summed E-state index contributed by atoms with van der Waals surface area (Å²) in [7, 11) is 1.67. The molecule has 2 aliphatic heterocycles. The molecule has 2 aliphatic rings. The number of rotatable bonds is 7. The van der Waals surface area contributed by atoms with Gasteiger partial charge in [-0.3, -0.25) is 0 Å². The highest BCUT2D eigenvalue weighted by Crippen LogP contribution is 2.37. The summed E-state index contributed by atoms with van der Waals surface area (Å²) in [4.78, 5) is 18.6. The summed E-state index contributed by atoms with van der Waals surface area (Å²) in [6.07, 6.45) is 3.47. The quantitative estimate of drug-likeness (QED) is 0.325. The number of fused-ring (bicyclic) bond motifs is 1. The van der Waals surface area contributed by atoms with Gasteiger partial charge in [0.2, 0.25) is 5.95 Å². The van der Waals surface area contributed by atoms with Crippen molar-refractivity contribution in [1.29, 1.82) is 0 Å². The van der Waals surface area contributed by atoms with Gasteiger partial charge in [0.25, 0.3) is 0 Å². The highest BCUT2D eigenvalue weighted by atomic mass is 35.5. The predicted molar refractivity (Wildman–Crippen MR) is 156 cm³/mol. The molecule has 40 heavy (non-hydrogen) atoms. The van der Waals surface area contributed by atoms with E-state index in [1.807, 2.05) is 18.2 Å². The van der Waals surface area contributed by atoms with E-state index in [2.05, 4.69) is 32.2 Å². The molecule has 0 aliphatic carbocycles. The molecule has 0 unspecified atom stereocenters. The number of pyridine rings is 1. The molecule has 1 N–H and O–H groups in total. The summed E-state index contributed by atoms with van der Waals surface area (Å²) < 4.78 is 25.5. The van der Waals surface area contributed by atoms with E-state index in [9.17, 15) is 4.39 Å². The van der Waals surface area contributed by atoms with Crippen LogP contribution in [-0.4, -0.2) is 68.0 Å². The average molecular weight is 563 g/mol. The van der Waals surface area contributed by atoms with Gasteiger partial charge in [-0.15, -0.1) is 0 Å². The van der Waals surface area contributed by atoms with Crippen LogP contribution in [0.1, 0.15) is 18.4 Å². The SMILES string of the molecule is COc1ccc(C2(CNc3nc(N4CCN(c5cc(Cl)ccn5)CC4)nc4ccc(F)cc34)CCOCC2)cc1. The van der Waals surface area contributed by atoms with Crippen molar-refractivity contribution >= 4 is 40.1 Å². The molecule has 4 aromatic rings. The molecular formula is C30H32ClFN6O2. The van der Waals surface area contributed by atoms with Crippen LogP contribution in [0.15, 0.2) is 60.8 Å². The Morgan fingerprint density at radius 3 is 2.45 bits per heavy atom. The lowest BCUT2D eigenvalue weighted by Gasteiger charge is -2.38. The number of hydrogen-bond donors (Lipinski definition) is 1. The van der Waals surface area contributed by atoms with E-state index in [1.165, 1.54) is 17.7 Å². The van der Waals surface area contributed by atoms with Crippen molar-refractivity contribution in [3.63, 3.8) is 0 Å². The summed E-state index contributed by atoms with van der Waals surface area (Å²) in [6.45, 7) is 5.00. The number of hydrogen-bond acceptors (Lipinski definition) is 8. The molecular weight excluding hydrogens is 531 g/mol. The zero-order valence-electron chi connectivity index (χ0n) is 22.4. The van der Waals surface area contributed by atoms with Crippen molar-refractivity contribution < 1.29 is 13.9 Å². The number of halogens is 2. The number of nitrogens with zero attached hydrogens (tertiary/aromatic N) is 5. The minimum Gasteiger partial charge on any atom is -0.497 e. The number of piperazine rings is 1. The van der Waals surface area contributed by atoms with Crippen molar-refractivity contribution in [1.82, 2.24) is 15.0 Å². The first-order valence-corrected chi connectivity index (χ1v) is 14.0. The summed E-state index contributed by atoms with van der Waals surface area (Å²) in [6, 6.07) is 16.6. The van der Waals surface area contributed by atoms with E-state index in [4.69, 9.17) is 31.0 Å². The van der Waals surface area contributed by atoms with E-state index < -0.39 is 0 Å². The van der Waals surface area contributed by atoms with Crippen LogP contribution in [0, 0.1) is 5.82 Å². The van der Waals surface area contributed by atoms with E-state index in [-0.39, 0.29) is 11.2 Å². The van der Waals surface area contributed by atoms with E-state index >= 15 is 0 Å². The number of benzene rings is 2. The maximum atomic E-state index is 14.4. The number of anilines is 3. The zero-order valence-corrected chi connectivity index (χ0v) is 23.2. The molecule has 0 spiro atoms. The third kappa shape index (κ3) is 5.48. The molecule has 6 rings (SSSR count). The van der Waals surface area contributed by atoms with Crippen molar-refractivity contribution in [2.45, 2.75) is 18.3 Å². The van der Waals surface area contributed by atoms with Crippen molar-refractivity contribution in [3.8, 4) is 5.75 Å². The molecule has 208 valence electrons.